The van der Waals surface area contributed by atoms with Gasteiger partial charge in [0.25, 0.3) is 0 Å². The summed E-state index contributed by atoms with van der Waals surface area (Å²) < 4.78 is 0. The fourth-order valence-electron chi connectivity index (χ4n) is 1.24. The first kappa shape index (κ1) is 11.8. The van der Waals surface area contributed by atoms with Crippen molar-refractivity contribution in [1.82, 2.24) is 4.90 Å². The molecular formula is C8H19NO3. The van der Waals surface area contributed by atoms with Gasteiger partial charge in [0.1, 0.15) is 0 Å². The van der Waals surface area contributed by atoms with Crippen LogP contribution in [-0.4, -0.2) is 59.2 Å². The minimum absolute atomic E-state index is 0.0595. The number of hydrogen-bond donors (Lipinski definition) is 3. The van der Waals surface area contributed by atoms with Gasteiger partial charge in [0, 0.05) is 19.1 Å². The predicted octanol–water partition coefficient (Wildman–Crippen LogP) is -0.956. The lowest BCUT2D eigenvalue weighted by Gasteiger charge is -2.28. The van der Waals surface area contributed by atoms with E-state index < -0.39 is 0 Å². The highest BCUT2D eigenvalue weighted by atomic mass is 16.3. The summed E-state index contributed by atoms with van der Waals surface area (Å²) in [6.07, 6.45) is 0.830. The molecule has 0 bridgehead atoms. The molecule has 0 aliphatic rings. The standard InChI is InChI=1S/C8H19NO3/c1-2-8(7-12)9(3-5-10)4-6-11/h8,10-12H,2-7H2,1H3. The van der Waals surface area contributed by atoms with Crippen molar-refractivity contribution in [3.8, 4) is 0 Å². The lowest BCUT2D eigenvalue weighted by Crippen LogP contribution is -2.41. The molecule has 74 valence electrons. The maximum atomic E-state index is 8.94. The smallest absolute Gasteiger partial charge is 0.0586 e. The number of nitrogens with zero attached hydrogens (tertiary/aromatic N) is 1. The van der Waals surface area contributed by atoms with Gasteiger partial charge in [-0.25, -0.2) is 0 Å². The predicted molar refractivity (Wildman–Crippen MR) is 46.9 cm³/mol. The lowest BCUT2D eigenvalue weighted by atomic mass is 10.2. The van der Waals surface area contributed by atoms with E-state index in [1.54, 1.807) is 0 Å². The molecule has 1 atom stereocenters. The number of aliphatic hydroxyl groups is 3. The van der Waals surface area contributed by atoms with E-state index >= 15 is 0 Å². The van der Waals surface area contributed by atoms with E-state index in [0.29, 0.717) is 13.1 Å². The van der Waals surface area contributed by atoms with Crippen molar-refractivity contribution in [1.29, 1.82) is 0 Å². The van der Waals surface area contributed by atoms with Gasteiger partial charge >= 0.3 is 0 Å². The zero-order chi connectivity index (χ0) is 9.40. The van der Waals surface area contributed by atoms with E-state index in [1.807, 2.05) is 11.8 Å². The first-order valence-corrected chi connectivity index (χ1v) is 4.36. The second-order valence-electron chi connectivity index (χ2n) is 2.73. The molecule has 4 nitrogen and oxygen atoms in total. The normalized spacial score (nSPS) is 13.8. The topological polar surface area (TPSA) is 63.9 Å². The van der Waals surface area contributed by atoms with Gasteiger partial charge in [-0.05, 0) is 6.42 Å². The first-order valence-electron chi connectivity index (χ1n) is 4.36. The van der Waals surface area contributed by atoms with Crippen molar-refractivity contribution in [2.45, 2.75) is 19.4 Å². The summed E-state index contributed by atoms with van der Waals surface area (Å²) in [5, 5.41) is 26.3. The molecule has 0 saturated carbocycles. The quantitative estimate of drug-likeness (QED) is 0.469. The molecule has 0 aliphatic carbocycles. The highest BCUT2D eigenvalue weighted by Crippen LogP contribution is 2.01. The van der Waals surface area contributed by atoms with E-state index in [4.69, 9.17) is 15.3 Å². The van der Waals surface area contributed by atoms with Crippen LogP contribution in [0, 0.1) is 0 Å². The Balaban J connectivity index is 3.86. The Morgan fingerprint density at radius 2 is 1.58 bits per heavy atom. The monoisotopic (exact) mass is 177 g/mol. The molecule has 0 aromatic heterocycles. The Hall–Kier alpha value is -0.160. The van der Waals surface area contributed by atoms with Gasteiger partial charge in [-0.15, -0.1) is 0 Å². The average Bonchev–Trinajstić information content (AvgIpc) is 2.07. The molecule has 3 N–H and O–H groups in total. The first-order chi connectivity index (χ1) is 5.79. The van der Waals surface area contributed by atoms with Crippen LogP contribution in [0.3, 0.4) is 0 Å². The molecule has 12 heavy (non-hydrogen) atoms. The van der Waals surface area contributed by atoms with Crippen molar-refractivity contribution in [3.05, 3.63) is 0 Å². The molecule has 4 heteroatoms. The number of hydrogen-bond acceptors (Lipinski definition) is 4. The van der Waals surface area contributed by atoms with Crippen molar-refractivity contribution >= 4 is 0 Å². The van der Waals surface area contributed by atoms with E-state index in [1.165, 1.54) is 0 Å². The Morgan fingerprint density at radius 3 is 1.83 bits per heavy atom. The van der Waals surface area contributed by atoms with E-state index in [9.17, 15) is 0 Å². The molecule has 0 amide bonds. The van der Waals surface area contributed by atoms with E-state index in [-0.39, 0.29) is 25.9 Å². The Kier molecular flexibility index (Phi) is 7.39. The van der Waals surface area contributed by atoms with Gasteiger partial charge < -0.3 is 15.3 Å². The summed E-state index contributed by atoms with van der Waals surface area (Å²) in [4.78, 5) is 1.89. The molecule has 0 aromatic carbocycles. The van der Waals surface area contributed by atoms with Gasteiger partial charge in [-0.1, -0.05) is 6.92 Å². The summed E-state index contributed by atoms with van der Waals surface area (Å²) in [7, 11) is 0. The zero-order valence-electron chi connectivity index (χ0n) is 7.61. The summed E-state index contributed by atoms with van der Waals surface area (Å²) in [6, 6.07) is 0.0595. The molecule has 0 rings (SSSR count). The van der Waals surface area contributed by atoms with E-state index in [0.717, 1.165) is 6.42 Å². The maximum Gasteiger partial charge on any atom is 0.0586 e. The molecule has 0 saturated heterocycles. The van der Waals surface area contributed by atoms with Crippen LogP contribution in [0.4, 0.5) is 0 Å². The summed E-state index contributed by atoms with van der Waals surface area (Å²) in [5.74, 6) is 0. The summed E-state index contributed by atoms with van der Waals surface area (Å²) in [5.41, 5.74) is 0. The SMILES string of the molecule is CCC(CO)N(CCO)CCO. The molecule has 1 unspecified atom stereocenters. The third kappa shape index (κ3) is 4.01. The average molecular weight is 177 g/mol. The zero-order valence-corrected chi connectivity index (χ0v) is 7.61. The molecule has 0 aromatic rings. The second-order valence-corrected chi connectivity index (χ2v) is 2.73. The van der Waals surface area contributed by atoms with Gasteiger partial charge in [0.2, 0.25) is 0 Å². The van der Waals surface area contributed by atoms with Gasteiger partial charge in [0.15, 0.2) is 0 Å². The van der Waals surface area contributed by atoms with Crippen molar-refractivity contribution < 1.29 is 15.3 Å². The summed E-state index contributed by atoms with van der Waals surface area (Å²) >= 11 is 0. The molecular weight excluding hydrogens is 158 g/mol. The van der Waals surface area contributed by atoms with Gasteiger partial charge in [0.05, 0.1) is 19.8 Å². The van der Waals surface area contributed by atoms with Crippen molar-refractivity contribution in [3.63, 3.8) is 0 Å². The highest BCUT2D eigenvalue weighted by molar-refractivity contribution is 4.68. The minimum Gasteiger partial charge on any atom is -0.395 e. The second kappa shape index (κ2) is 7.49. The largest absolute Gasteiger partial charge is 0.395 e. The van der Waals surface area contributed by atoms with Crippen LogP contribution < -0.4 is 0 Å². The van der Waals surface area contributed by atoms with Crippen LogP contribution in [0.2, 0.25) is 0 Å². The molecule has 0 spiro atoms. The summed E-state index contributed by atoms with van der Waals surface area (Å²) in [6.45, 7) is 3.21. The molecule has 0 fully saturated rings. The number of rotatable bonds is 7. The fourth-order valence-corrected chi connectivity index (χ4v) is 1.24. The van der Waals surface area contributed by atoms with Crippen molar-refractivity contribution in [2.24, 2.45) is 0 Å². The highest BCUT2D eigenvalue weighted by Gasteiger charge is 2.13. The number of aliphatic hydroxyl groups excluding tert-OH is 3. The molecule has 0 radical (unpaired) electrons. The van der Waals surface area contributed by atoms with E-state index in [2.05, 4.69) is 0 Å². The Morgan fingerprint density at radius 1 is 1.08 bits per heavy atom. The fraction of sp³-hybridized carbons (Fsp3) is 1.00. The molecule has 0 aliphatic heterocycles. The minimum atomic E-state index is 0.0595. The van der Waals surface area contributed by atoms with Crippen LogP contribution in [0.25, 0.3) is 0 Å². The van der Waals surface area contributed by atoms with Crippen molar-refractivity contribution in [2.75, 3.05) is 32.9 Å². The van der Waals surface area contributed by atoms with Crippen LogP contribution in [0.15, 0.2) is 0 Å². The maximum absolute atomic E-state index is 8.94. The van der Waals surface area contributed by atoms with Crippen LogP contribution in [-0.2, 0) is 0 Å². The van der Waals surface area contributed by atoms with Crippen LogP contribution >= 0.6 is 0 Å². The lowest BCUT2D eigenvalue weighted by molar-refractivity contribution is 0.0821. The van der Waals surface area contributed by atoms with Gasteiger partial charge in [-0.2, -0.15) is 0 Å². The third-order valence-electron chi connectivity index (χ3n) is 1.97. The van der Waals surface area contributed by atoms with Crippen LogP contribution in [0.1, 0.15) is 13.3 Å². The third-order valence-corrected chi connectivity index (χ3v) is 1.97. The molecule has 0 heterocycles. The van der Waals surface area contributed by atoms with Gasteiger partial charge in [-0.3, -0.25) is 4.90 Å². The Labute approximate surface area is 73.4 Å². The van der Waals surface area contributed by atoms with Crippen LogP contribution in [0.5, 0.6) is 0 Å². The Bertz CT molecular complexity index is 90.3.